The lowest BCUT2D eigenvalue weighted by atomic mass is 10.1. The zero-order valence-corrected chi connectivity index (χ0v) is 31.0. The standard InChI is InChI=1S/C41H35N5O6S2/c1-24-34(41(51)52-3)40(54-35(24)39(50)43-28-15-8-5-9-16-28)46-36(47)25(2)53-30-18-12-17-29(22-30)44-38(49)33(45-37(48)26-13-6-4-7-14-26)21-27-23-42-32-20-11-10-19-31(27)32/h4-23,25,42H,1-3H3,(H,43,50)(H,44,49)(H,45,48)(H,46,47)/b33-21-. The Balaban J connectivity index is 1.17. The lowest BCUT2D eigenvalue weighted by Gasteiger charge is -2.14. The second-order valence-corrected chi connectivity index (χ2v) is 14.4. The van der Waals surface area contributed by atoms with Gasteiger partial charge < -0.3 is 31.0 Å². The molecule has 54 heavy (non-hydrogen) atoms. The Labute approximate surface area is 319 Å². The molecule has 11 nitrogen and oxygen atoms in total. The largest absolute Gasteiger partial charge is 0.465 e. The fourth-order valence-corrected chi connectivity index (χ4v) is 7.52. The second kappa shape index (κ2) is 16.9. The van der Waals surface area contributed by atoms with E-state index in [0.29, 0.717) is 33.0 Å². The van der Waals surface area contributed by atoms with E-state index in [1.54, 1.807) is 105 Å². The minimum Gasteiger partial charge on any atom is -0.465 e. The number of methoxy groups -OCH3 is 1. The smallest absolute Gasteiger partial charge is 0.341 e. The second-order valence-electron chi connectivity index (χ2n) is 12.0. The van der Waals surface area contributed by atoms with E-state index in [1.807, 2.05) is 30.3 Å². The van der Waals surface area contributed by atoms with Crippen LogP contribution in [0.15, 0.2) is 126 Å². The summed E-state index contributed by atoms with van der Waals surface area (Å²) in [5, 5.41) is 11.7. The number of amides is 4. The van der Waals surface area contributed by atoms with Crippen LogP contribution in [-0.4, -0.2) is 46.9 Å². The highest BCUT2D eigenvalue weighted by molar-refractivity contribution is 8.00. The molecular weight excluding hydrogens is 723 g/mol. The zero-order valence-electron chi connectivity index (χ0n) is 29.4. The molecular formula is C41H35N5O6S2. The van der Waals surface area contributed by atoms with Crippen molar-refractivity contribution in [1.82, 2.24) is 10.3 Å². The van der Waals surface area contributed by atoms with Crippen molar-refractivity contribution in [2.75, 3.05) is 23.1 Å². The van der Waals surface area contributed by atoms with Crippen molar-refractivity contribution in [2.24, 2.45) is 0 Å². The third-order valence-corrected chi connectivity index (χ3v) is 10.5. The van der Waals surface area contributed by atoms with Gasteiger partial charge in [-0.05, 0) is 74.0 Å². The molecule has 6 rings (SSSR count). The number of anilines is 3. The number of thiophene rings is 1. The lowest BCUT2D eigenvalue weighted by Crippen LogP contribution is -2.30. The number of hydrogen-bond donors (Lipinski definition) is 5. The zero-order chi connectivity index (χ0) is 38.2. The van der Waals surface area contributed by atoms with Gasteiger partial charge in [0.15, 0.2) is 0 Å². The average Bonchev–Trinajstić information content (AvgIpc) is 3.74. The highest BCUT2D eigenvalue weighted by atomic mass is 32.2. The first-order valence-electron chi connectivity index (χ1n) is 16.7. The van der Waals surface area contributed by atoms with Gasteiger partial charge in [0.25, 0.3) is 17.7 Å². The number of hydrogen-bond acceptors (Lipinski definition) is 8. The molecule has 0 aliphatic rings. The van der Waals surface area contributed by atoms with Crippen LogP contribution in [-0.2, 0) is 14.3 Å². The number of thioether (sulfide) groups is 1. The topological polar surface area (TPSA) is 158 Å². The molecule has 0 aliphatic carbocycles. The third kappa shape index (κ3) is 8.77. The first-order valence-corrected chi connectivity index (χ1v) is 18.4. The van der Waals surface area contributed by atoms with Crippen LogP contribution in [0.5, 0.6) is 0 Å². The minimum absolute atomic E-state index is 0.0314. The van der Waals surface area contributed by atoms with Crippen molar-refractivity contribution in [1.29, 1.82) is 0 Å². The van der Waals surface area contributed by atoms with Gasteiger partial charge in [-0.1, -0.05) is 60.7 Å². The maximum absolute atomic E-state index is 13.7. The molecule has 13 heteroatoms. The van der Waals surface area contributed by atoms with E-state index >= 15 is 0 Å². The van der Waals surface area contributed by atoms with E-state index in [-0.39, 0.29) is 21.1 Å². The van der Waals surface area contributed by atoms with Crippen molar-refractivity contribution >= 4 is 86.1 Å². The van der Waals surface area contributed by atoms with Crippen LogP contribution >= 0.6 is 23.1 Å². The average molecular weight is 758 g/mol. The Bertz CT molecular complexity index is 2390. The maximum atomic E-state index is 13.7. The molecule has 272 valence electrons. The number of fused-ring (bicyclic) bond motifs is 1. The molecule has 0 bridgehead atoms. The predicted octanol–water partition coefficient (Wildman–Crippen LogP) is 8.11. The van der Waals surface area contributed by atoms with Gasteiger partial charge >= 0.3 is 5.97 Å². The predicted molar refractivity (Wildman–Crippen MR) is 214 cm³/mol. The molecule has 0 saturated heterocycles. The normalized spacial score (nSPS) is 11.7. The van der Waals surface area contributed by atoms with Crippen LogP contribution in [0.4, 0.5) is 16.4 Å². The van der Waals surface area contributed by atoms with Gasteiger partial charge in [0.1, 0.15) is 10.7 Å². The Morgan fingerprint density at radius 1 is 0.796 bits per heavy atom. The summed E-state index contributed by atoms with van der Waals surface area (Å²) in [5.41, 5.74) is 3.53. The number of benzene rings is 4. The van der Waals surface area contributed by atoms with Crippen LogP contribution in [0.1, 0.15) is 48.4 Å². The van der Waals surface area contributed by atoms with Crippen LogP contribution in [0, 0.1) is 6.92 Å². The van der Waals surface area contributed by atoms with Gasteiger partial charge in [0.05, 0.1) is 22.8 Å². The van der Waals surface area contributed by atoms with E-state index in [9.17, 15) is 24.0 Å². The fraction of sp³-hybridized carbons (Fsp3) is 0.0976. The van der Waals surface area contributed by atoms with Crippen molar-refractivity contribution in [3.63, 3.8) is 0 Å². The fourth-order valence-electron chi connectivity index (χ4n) is 5.50. The molecule has 0 radical (unpaired) electrons. The van der Waals surface area contributed by atoms with Crippen LogP contribution in [0.2, 0.25) is 0 Å². The van der Waals surface area contributed by atoms with Crippen molar-refractivity contribution in [3.8, 4) is 0 Å². The molecule has 5 N–H and O–H groups in total. The van der Waals surface area contributed by atoms with E-state index in [2.05, 4.69) is 26.3 Å². The Hall–Kier alpha value is -6.44. The van der Waals surface area contributed by atoms with Crippen LogP contribution in [0.25, 0.3) is 17.0 Å². The van der Waals surface area contributed by atoms with Gasteiger partial charge in [-0.15, -0.1) is 23.1 Å². The number of para-hydroxylation sites is 2. The molecule has 2 heterocycles. The third-order valence-electron chi connectivity index (χ3n) is 8.23. The maximum Gasteiger partial charge on any atom is 0.341 e. The number of esters is 1. The lowest BCUT2D eigenvalue weighted by molar-refractivity contribution is -0.115. The summed E-state index contributed by atoms with van der Waals surface area (Å²) in [7, 11) is 1.23. The molecule has 0 fully saturated rings. The first-order chi connectivity index (χ1) is 26.1. The van der Waals surface area contributed by atoms with Crippen molar-refractivity contribution in [3.05, 3.63) is 148 Å². The molecule has 1 unspecified atom stereocenters. The molecule has 2 aromatic heterocycles. The van der Waals surface area contributed by atoms with Gasteiger partial charge in [0.2, 0.25) is 5.91 Å². The highest BCUT2D eigenvalue weighted by Crippen LogP contribution is 2.35. The number of aromatic nitrogens is 1. The Morgan fingerprint density at radius 2 is 1.48 bits per heavy atom. The van der Waals surface area contributed by atoms with Crippen LogP contribution < -0.4 is 21.3 Å². The highest BCUT2D eigenvalue weighted by Gasteiger charge is 2.28. The number of ether oxygens (including phenoxy) is 1. The van der Waals surface area contributed by atoms with Crippen molar-refractivity contribution < 1.29 is 28.7 Å². The van der Waals surface area contributed by atoms with E-state index in [4.69, 9.17) is 4.74 Å². The number of H-pyrrole nitrogens is 1. The van der Waals surface area contributed by atoms with E-state index in [0.717, 1.165) is 22.2 Å². The van der Waals surface area contributed by atoms with E-state index in [1.165, 1.54) is 18.9 Å². The molecule has 6 aromatic rings. The number of aromatic amines is 1. The molecule has 4 amide bonds. The van der Waals surface area contributed by atoms with Gasteiger partial charge in [-0.2, -0.15) is 0 Å². The summed E-state index contributed by atoms with van der Waals surface area (Å²) in [6.07, 6.45) is 3.38. The van der Waals surface area contributed by atoms with Gasteiger partial charge in [0, 0.05) is 44.5 Å². The SMILES string of the molecule is COC(=O)c1c(NC(=O)C(C)Sc2cccc(NC(=O)/C(=C/c3c[nH]c4ccccc34)NC(=O)c3ccccc3)c2)sc(C(=O)Nc2ccccc2)c1C. The number of carbonyl (C=O) groups is 5. The van der Waals surface area contributed by atoms with Crippen molar-refractivity contribution in [2.45, 2.75) is 24.0 Å². The molecule has 0 saturated carbocycles. The number of carbonyl (C=O) groups excluding carboxylic acids is 5. The molecule has 1 atom stereocenters. The Morgan fingerprint density at radius 3 is 2.22 bits per heavy atom. The quantitative estimate of drug-likeness (QED) is 0.0479. The van der Waals surface area contributed by atoms with E-state index < -0.39 is 34.8 Å². The summed E-state index contributed by atoms with van der Waals surface area (Å²) in [6.45, 7) is 3.33. The summed E-state index contributed by atoms with van der Waals surface area (Å²) < 4.78 is 4.98. The number of rotatable bonds is 12. The number of nitrogens with one attached hydrogen (secondary N) is 5. The molecule has 4 aromatic carbocycles. The monoisotopic (exact) mass is 757 g/mol. The van der Waals surface area contributed by atoms with Gasteiger partial charge in [-0.3, -0.25) is 19.2 Å². The summed E-state index contributed by atoms with van der Waals surface area (Å²) in [5.74, 6) is -2.51. The van der Waals surface area contributed by atoms with Crippen LogP contribution in [0.3, 0.4) is 0 Å². The minimum atomic E-state index is -0.681. The summed E-state index contributed by atoms with van der Waals surface area (Å²) in [6, 6.07) is 32.1. The van der Waals surface area contributed by atoms with Gasteiger partial charge in [-0.25, -0.2) is 4.79 Å². The Kier molecular flexibility index (Phi) is 11.7. The molecule has 0 spiro atoms. The summed E-state index contributed by atoms with van der Waals surface area (Å²) >= 11 is 2.22. The molecule has 0 aliphatic heterocycles. The summed E-state index contributed by atoms with van der Waals surface area (Å²) in [4.78, 5) is 70.4. The first kappa shape index (κ1) is 37.3.